The summed E-state index contributed by atoms with van der Waals surface area (Å²) in [5.41, 5.74) is 1.54. The molecule has 0 radical (unpaired) electrons. The first-order chi connectivity index (χ1) is 12.6. The Morgan fingerprint density at radius 1 is 1.15 bits per heavy atom. The molecule has 1 saturated carbocycles. The lowest BCUT2D eigenvalue weighted by Crippen LogP contribution is -2.40. The molecule has 4 rings (SSSR count). The van der Waals surface area contributed by atoms with Gasteiger partial charge in [0.15, 0.2) is 0 Å². The second-order valence-electron chi connectivity index (χ2n) is 7.42. The third-order valence-electron chi connectivity index (χ3n) is 5.88. The standard InChI is InChI=1S/C20H25N3O3/c1-13(24)23-19(14-8-10-16(26-2)11-9-14)17-12-22(20(25)18(17)21-23)15-6-4-3-5-7-15/h8-11,15,17,19H,3-7,12H2,1-2H3/t17-,19+/m0/s1. The normalized spacial score (nSPS) is 26.1. The number of nitrogens with zero attached hydrogens (tertiary/aromatic N) is 3. The monoisotopic (exact) mass is 355 g/mol. The summed E-state index contributed by atoms with van der Waals surface area (Å²) in [5.74, 6) is 0.601. The molecule has 6 heteroatoms. The van der Waals surface area contributed by atoms with E-state index >= 15 is 0 Å². The van der Waals surface area contributed by atoms with E-state index in [1.165, 1.54) is 31.2 Å². The highest BCUT2D eigenvalue weighted by Crippen LogP contribution is 2.41. The van der Waals surface area contributed by atoms with Gasteiger partial charge >= 0.3 is 0 Å². The summed E-state index contributed by atoms with van der Waals surface area (Å²) in [7, 11) is 1.63. The minimum atomic E-state index is -0.217. The van der Waals surface area contributed by atoms with Gasteiger partial charge in [0.1, 0.15) is 11.5 Å². The van der Waals surface area contributed by atoms with Crippen LogP contribution in [-0.4, -0.2) is 47.1 Å². The second kappa shape index (κ2) is 6.74. The zero-order chi connectivity index (χ0) is 18.3. The Morgan fingerprint density at radius 3 is 2.46 bits per heavy atom. The molecule has 2 amide bonds. The largest absolute Gasteiger partial charge is 0.497 e. The van der Waals surface area contributed by atoms with Gasteiger partial charge in [0, 0.05) is 19.5 Å². The summed E-state index contributed by atoms with van der Waals surface area (Å²) < 4.78 is 5.23. The van der Waals surface area contributed by atoms with Gasteiger partial charge in [-0.25, -0.2) is 5.01 Å². The predicted molar refractivity (Wildman–Crippen MR) is 97.8 cm³/mol. The average molecular weight is 355 g/mol. The number of hydrogen-bond donors (Lipinski definition) is 0. The van der Waals surface area contributed by atoms with Gasteiger partial charge in [-0.05, 0) is 30.5 Å². The van der Waals surface area contributed by atoms with Gasteiger partial charge in [0.05, 0.1) is 19.1 Å². The first-order valence-electron chi connectivity index (χ1n) is 9.43. The van der Waals surface area contributed by atoms with E-state index in [1.807, 2.05) is 29.2 Å². The van der Waals surface area contributed by atoms with E-state index in [0.29, 0.717) is 18.3 Å². The third-order valence-corrected chi connectivity index (χ3v) is 5.88. The van der Waals surface area contributed by atoms with Gasteiger partial charge in [-0.3, -0.25) is 9.59 Å². The first kappa shape index (κ1) is 17.1. The fraction of sp³-hybridized carbons (Fsp3) is 0.550. The first-order valence-corrected chi connectivity index (χ1v) is 9.43. The number of likely N-dealkylation sites (tertiary alicyclic amines) is 1. The lowest BCUT2D eigenvalue weighted by Gasteiger charge is -2.32. The van der Waals surface area contributed by atoms with E-state index < -0.39 is 0 Å². The van der Waals surface area contributed by atoms with Crippen molar-refractivity contribution in [2.45, 2.75) is 51.1 Å². The van der Waals surface area contributed by atoms with Crippen molar-refractivity contribution >= 4 is 17.5 Å². The SMILES string of the molecule is COc1ccc([C@@H]2[C@H]3CN(C4CCCCC4)C(=O)C3=NN2C(C)=O)cc1. The molecule has 26 heavy (non-hydrogen) atoms. The summed E-state index contributed by atoms with van der Waals surface area (Å²) >= 11 is 0. The lowest BCUT2D eigenvalue weighted by molar-refractivity contribution is -0.131. The van der Waals surface area contributed by atoms with Crippen molar-refractivity contribution in [3.63, 3.8) is 0 Å². The lowest BCUT2D eigenvalue weighted by atomic mass is 9.91. The Hall–Kier alpha value is -2.37. The van der Waals surface area contributed by atoms with E-state index in [2.05, 4.69) is 5.10 Å². The summed E-state index contributed by atoms with van der Waals surface area (Å²) in [5, 5.41) is 5.94. The maximum absolute atomic E-state index is 13.0. The highest BCUT2D eigenvalue weighted by molar-refractivity contribution is 6.42. The van der Waals surface area contributed by atoms with Crippen LogP contribution >= 0.6 is 0 Å². The average Bonchev–Trinajstić information content (AvgIpc) is 3.20. The van der Waals surface area contributed by atoms with Gasteiger partial charge in [-0.15, -0.1) is 0 Å². The van der Waals surface area contributed by atoms with Crippen molar-refractivity contribution in [1.82, 2.24) is 9.91 Å². The highest BCUT2D eigenvalue weighted by Gasteiger charge is 2.51. The number of hydrogen-bond acceptors (Lipinski definition) is 4. The molecule has 2 atom stereocenters. The van der Waals surface area contributed by atoms with Crippen molar-refractivity contribution in [3.8, 4) is 5.75 Å². The molecule has 0 unspecified atom stereocenters. The van der Waals surface area contributed by atoms with Crippen molar-refractivity contribution < 1.29 is 14.3 Å². The number of amides is 2. The molecular formula is C20H25N3O3. The Bertz CT molecular complexity index is 737. The van der Waals surface area contributed by atoms with Crippen molar-refractivity contribution in [2.24, 2.45) is 11.0 Å². The molecule has 0 bridgehead atoms. The molecule has 1 saturated heterocycles. The molecule has 0 spiro atoms. The zero-order valence-corrected chi connectivity index (χ0v) is 15.4. The Morgan fingerprint density at radius 2 is 1.85 bits per heavy atom. The van der Waals surface area contributed by atoms with Crippen molar-refractivity contribution in [2.75, 3.05) is 13.7 Å². The van der Waals surface area contributed by atoms with Crippen molar-refractivity contribution in [1.29, 1.82) is 0 Å². The quantitative estimate of drug-likeness (QED) is 0.837. The van der Waals surface area contributed by atoms with E-state index in [-0.39, 0.29) is 23.8 Å². The van der Waals surface area contributed by atoms with Gasteiger partial charge in [0.25, 0.3) is 5.91 Å². The Balaban J connectivity index is 1.64. The smallest absolute Gasteiger partial charge is 0.270 e. The van der Waals surface area contributed by atoms with Crippen LogP contribution in [-0.2, 0) is 9.59 Å². The molecule has 138 valence electrons. The maximum atomic E-state index is 13.0. The van der Waals surface area contributed by atoms with E-state index in [0.717, 1.165) is 24.2 Å². The molecule has 1 aliphatic carbocycles. The molecule has 2 fully saturated rings. The van der Waals surface area contributed by atoms with Crippen molar-refractivity contribution in [3.05, 3.63) is 29.8 Å². The van der Waals surface area contributed by atoms with Crippen LogP contribution in [0, 0.1) is 5.92 Å². The maximum Gasteiger partial charge on any atom is 0.270 e. The van der Waals surface area contributed by atoms with Crippen LogP contribution in [0.2, 0.25) is 0 Å². The molecule has 3 aliphatic rings. The van der Waals surface area contributed by atoms with Crippen LogP contribution < -0.4 is 4.74 Å². The minimum absolute atomic E-state index is 0.0177. The Labute approximate surface area is 153 Å². The fourth-order valence-corrected chi connectivity index (χ4v) is 4.55. The molecule has 2 aliphatic heterocycles. The van der Waals surface area contributed by atoms with Gasteiger partial charge in [-0.1, -0.05) is 31.4 Å². The number of carbonyl (C=O) groups is 2. The fourth-order valence-electron chi connectivity index (χ4n) is 4.55. The van der Waals surface area contributed by atoms with Crippen LogP contribution in [0.5, 0.6) is 5.75 Å². The van der Waals surface area contributed by atoms with E-state index in [4.69, 9.17) is 4.74 Å². The van der Waals surface area contributed by atoms with E-state index in [1.54, 1.807) is 7.11 Å². The molecule has 6 nitrogen and oxygen atoms in total. The number of ether oxygens (including phenoxy) is 1. The number of methoxy groups -OCH3 is 1. The van der Waals surface area contributed by atoms with Gasteiger partial charge in [-0.2, -0.15) is 5.10 Å². The summed E-state index contributed by atoms with van der Waals surface area (Å²) in [6.45, 7) is 2.16. The van der Waals surface area contributed by atoms with Crippen LogP contribution in [0.3, 0.4) is 0 Å². The predicted octanol–water partition coefficient (Wildman–Crippen LogP) is 2.75. The van der Waals surface area contributed by atoms with Gasteiger partial charge in [0.2, 0.25) is 5.91 Å². The van der Waals surface area contributed by atoms with Crippen LogP contribution in [0.25, 0.3) is 0 Å². The summed E-state index contributed by atoms with van der Waals surface area (Å²) in [6.07, 6.45) is 5.79. The molecule has 1 aromatic rings. The topological polar surface area (TPSA) is 62.2 Å². The molecular weight excluding hydrogens is 330 g/mol. The zero-order valence-electron chi connectivity index (χ0n) is 15.4. The van der Waals surface area contributed by atoms with Crippen LogP contribution in [0.15, 0.2) is 29.4 Å². The molecule has 2 heterocycles. The highest BCUT2D eigenvalue weighted by atomic mass is 16.5. The van der Waals surface area contributed by atoms with Crippen LogP contribution in [0.4, 0.5) is 0 Å². The summed E-state index contributed by atoms with van der Waals surface area (Å²) in [6, 6.07) is 7.82. The minimum Gasteiger partial charge on any atom is -0.497 e. The number of benzene rings is 1. The number of fused-ring (bicyclic) bond motifs is 1. The Kier molecular flexibility index (Phi) is 4.42. The second-order valence-corrected chi connectivity index (χ2v) is 7.42. The number of rotatable bonds is 3. The number of carbonyl (C=O) groups excluding carboxylic acids is 2. The molecule has 1 aromatic carbocycles. The summed E-state index contributed by atoms with van der Waals surface area (Å²) in [4.78, 5) is 27.1. The molecule has 0 aromatic heterocycles. The van der Waals surface area contributed by atoms with Crippen LogP contribution in [0.1, 0.15) is 50.6 Å². The van der Waals surface area contributed by atoms with E-state index in [9.17, 15) is 9.59 Å². The molecule has 0 N–H and O–H groups in total. The third kappa shape index (κ3) is 2.77. The number of hydrazone groups is 1. The van der Waals surface area contributed by atoms with Gasteiger partial charge < -0.3 is 9.64 Å².